The number of aliphatic imine (C=N–C) groups is 1. The van der Waals surface area contributed by atoms with Crippen LogP contribution in [0.3, 0.4) is 0 Å². The van der Waals surface area contributed by atoms with Crippen LogP contribution in [0.15, 0.2) is 4.99 Å². The first-order valence-electron chi connectivity index (χ1n) is 15.6. The Morgan fingerprint density at radius 3 is 2.54 bits per heavy atom. The molecule has 4 rings (SSSR count). The molecule has 12 heteroatoms. The molecule has 232 valence electrons. The summed E-state index contributed by atoms with van der Waals surface area (Å²) in [7, 11) is -0.533. The van der Waals surface area contributed by atoms with Crippen LogP contribution < -0.4 is 16.5 Å². The van der Waals surface area contributed by atoms with E-state index in [1.54, 1.807) is 0 Å². The number of nitrogens with zero attached hydrogens (tertiary/aromatic N) is 2. The number of unbranched alkanes of at least 4 members (excludes halogenated alkanes) is 3. The molecular formula is C29H52BN5O6. The molecule has 0 aromatic rings. The topological polar surface area (TPSA) is 158 Å². The highest BCUT2D eigenvalue weighted by molar-refractivity contribution is 6.47. The fourth-order valence-corrected chi connectivity index (χ4v) is 7.24. The maximum absolute atomic E-state index is 13.7. The first kappa shape index (κ1) is 33.3. The van der Waals surface area contributed by atoms with E-state index in [1.165, 1.54) is 0 Å². The number of ketones is 1. The van der Waals surface area contributed by atoms with Crippen molar-refractivity contribution < 1.29 is 23.9 Å². The molecule has 0 aromatic carbocycles. The van der Waals surface area contributed by atoms with E-state index in [4.69, 9.17) is 15.0 Å². The molecule has 0 radical (unpaired) electrons. The number of rotatable bonds is 17. The number of nitrogens with two attached hydrogens (primary N) is 1. The molecule has 41 heavy (non-hydrogen) atoms. The van der Waals surface area contributed by atoms with Crippen LogP contribution in [-0.4, -0.2) is 54.0 Å². The smallest absolute Gasteiger partial charge is 0.404 e. The highest BCUT2D eigenvalue weighted by Crippen LogP contribution is 2.65. The van der Waals surface area contributed by atoms with E-state index in [1.807, 2.05) is 5.43 Å². The maximum Gasteiger partial charge on any atom is 0.481 e. The summed E-state index contributed by atoms with van der Waals surface area (Å²) in [5.41, 5.74) is 7.20. The molecule has 4 aliphatic rings. The largest absolute Gasteiger partial charge is 0.481 e. The molecule has 3 saturated carbocycles. The predicted molar refractivity (Wildman–Crippen MR) is 159 cm³/mol. The molecule has 4 fully saturated rings. The third-order valence-corrected chi connectivity index (χ3v) is 9.70. The molecule has 3 aliphatic carbocycles. The van der Waals surface area contributed by atoms with Gasteiger partial charge in [0.05, 0.1) is 17.6 Å². The number of amides is 1. The van der Waals surface area contributed by atoms with Gasteiger partial charge in [-0.25, -0.2) is 15.1 Å². The van der Waals surface area contributed by atoms with Gasteiger partial charge in [0, 0.05) is 25.3 Å². The Morgan fingerprint density at radius 1 is 1.17 bits per heavy atom. The van der Waals surface area contributed by atoms with Gasteiger partial charge in [-0.05, 0) is 68.6 Å². The fraction of sp³-hybridized carbons (Fsp3) is 0.897. The lowest BCUT2D eigenvalue weighted by atomic mass is 9.43. The zero-order chi connectivity index (χ0) is 30.4. The SMILES string of the molecule is CCCCCCC(=O)C[C@@H](CCCN=C(N)N[N+](=O)[O-])C(=O)N[C@@H](CC(C)C)B1O[C@@H]2C[C@H]3C[C@H](C3(C)C)[C@]2(C)O1. The van der Waals surface area contributed by atoms with Crippen molar-refractivity contribution in [3.8, 4) is 0 Å². The molecule has 1 aliphatic heterocycles. The van der Waals surface area contributed by atoms with Gasteiger partial charge >= 0.3 is 7.12 Å². The van der Waals surface area contributed by atoms with E-state index < -0.39 is 18.1 Å². The minimum Gasteiger partial charge on any atom is -0.404 e. The standard InChI is InChI=1S/C29H52BN5O6/c1-7-8-9-10-13-22(36)16-20(12-11-14-32-27(31)34-35(38)39)26(37)33-25(15-19(2)3)30-40-24-18-21-17-23(28(21,4)5)29(24,6)41-30/h19-21,23-25H,7-18H2,1-6H3,(H,33,37)(H3,31,32,34)/t20-,21-,23-,24-,25+,29+/m1/s1. The number of hydrazine groups is 1. The van der Waals surface area contributed by atoms with Gasteiger partial charge in [-0.3, -0.25) is 9.59 Å². The van der Waals surface area contributed by atoms with Gasteiger partial charge in [0.1, 0.15) is 5.78 Å². The zero-order valence-corrected chi connectivity index (χ0v) is 25.9. The number of carbonyl (C=O) groups excluding carboxylic acids is 2. The summed E-state index contributed by atoms with van der Waals surface area (Å²) in [5.74, 6) is 0.110. The lowest BCUT2D eigenvalue weighted by Gasteiger charge is -2.64. The van der Waals surface area contributed by atoms with Gasteiger partial charge in [0.2, 0.25) is 5.91 Å². The summed E-state index contributed by atoms with van der Waals surface area (Å²) in [6, 6.07) is 0. The molecule has 1 saturated heterocycles. The summed E-state index contributed by atoms with van der Waals surface area (Å²) < 4.78 is 13.2. The Hall–Kier alpha value is -2.21. The zero-order valence-electron chi connectivity index (χ0n) is 25.9. The Bertz CT molecular complexity index is 962. The average Bonchev–Trinajstić information content (AvgIpc) is 3.24. The summed E-state index contributed by atoms with van der Waals surface area (Å²) in [6.45, 7) is 13.4. The minimum atomic E-state index is -0.769. The van der Waals surface area contributed by atoms with Crippen LogP contribution >= 0.6 is 0 Å². The lowest BCUT2D eigenvalue weighted by molar-refractivity contribution is -0.525. The second-order valence-electron chi connectivity index (χ2n) is 13.6. The number of hydrogen-bond donors (Lipinski definition) is 3. The molecule has 0 spiro atoms. The Kier molecular flexibility index (Phi) is 11.6. The molecule has 0 aromatic heterocycles. The molecule has 1 amide bonds. The predicted octanol–water partition coefficient (Wildman–Crippen LogP) is 4.21. The van der Waals surface area contributed by atoms with Gasteiger partial charge in [-0.2, -0.15) is 0 Å². The van der Waals surface area contributed by atoms with Crippen LogP contribution in [0.5, 0.6) is 0 Å². The van der Waals surface area contributed by atoms with Crippen molar-refractivity contribution in [2.75, 3.05) is 6.54 Å². The average molecular weight is 578 g/mol. The van der Waals surface area contributed by atoms with Crippen LogP contribution in [0, 0.1) is 39.2 Å². The number of guanidine groups is 1. The third-order valence-electron chi connectivity index (χ3n) is 9.70. The summed E-state index contributed by atoms with van der Waals surface area (Å²) in [4.78, 5) is 41.1. The Labute approximate surface area is 245 Å². The van der Waals surface area contributed by atoms with Crippen molar-refractivity contribution in [3.63, 3.8) is 0 Å². The quantitative estimate of drug-likeness (QED) is 0.0579. The number of hydrogen-bond acceptors (Lipinski definition) is 7. The van der Waals surface area contributed by atoms with Gasteiger partial charge in [0.25, 0.3) is 5.96 Å². The Balaban J connectivity index is 1.67. The van der Waals surface area contributed by atoms with Crippen molar-refractivity contribution in [2.45, 2.75) is 130 Å². The van der Waals surface area contributed by atoms with E-state index in [9.17, 15) is 19.7 Å². The molecule has 0 unspecified atom stereocenters. The number of nitrogens with one attached hydrogen (secondary N) is 2. The van der Waals surface area contributed by atoms with E-state index in [-0.39, 0.29) is 53.7 Å². The molecule has 11 nitrogen and oxygen atoms in total. The molecule has 6 atom stereocenters. The Morgan fingerprint density at radius 2 is 1.90 bits per heavy atom. The second-order valence-corrected chi connectivity index (χ2v) is 13.6. The van der Waals surface area contributed by atoms with Crippen molar-refractivity contribution in [1.82, 2.24) is 10.7 Å². The van der Waals surface area contributed by atoms with E-state index in [0.29, 0.717) is 43.4 Å². The van der Waals surface area contributed by atoms with Crippen molar-refractivity contribution >= 4 is 24.8 Å². The molecule has 4 N–H and O–H groups in total. The van der Waals surface area contributed by atoms with Crippen molar-refractivity contribution in [2.24, 2.45) is 39.8 Å². The normalized spacial score (nSPS) is 28.0. The minimum absolute atomic E-state index is 0.0208. The number of carbonyl (C=O) groups is 2. The van der Waals surface area contributed by atoms with E-state index >= 15 is 0 Å². The van der Waals surface area contributed by atoms with Crippen molar-refractivity contribution in [1.29, 1.82) is 0 Å². The summed E-state index contributed by atoms with van der Waals surface area (Å²) in [5, 5.41) is 13.0. The first-order valence-corrected chi connectivity index (χ1v) is 15.6. The lowest BCUT2D eigenvalue weighted by Crippen LogP contribution is -2.65. The number of nitro groups is 1. The number of Topliss-reactive ketones (excluding diaryl/α,β-unsaturated/α-hetero) is 1. The van der Waals surface area contributed by atoms with Crippen molar-refractivity contribution in [3.05, 3.63) is 10.1 Å². The highest BCUT2D eigenvalue weighted by Gasteiger charge is 2.68. The van der Waals surface area contributed by atoms with Gasteiger partial charge < -0.3 is 20.4 Å². The third kappa shape index (κ3) is 8.43. The van der Waals surface area contributed by atoms with Crippen LogP contribution in [0.4, 0.5) is 0 Å². The highest BCUT2D eigenvalue weighted by atomic mass is 16.7. The molecule has 1 heterocycles. The first-order chi connectivity index (χ1) is 19.3. The summed E-state index contributed by atoms with van der Waals surface area (Å²) >= 11 is 0. The van der Waals surface area contributed by atoms with E-state index in [0.717, 1.165) is 38.5 Å². The summed E-state index contributed by atoms with van der Waals surface area (Å²) in [6.07, 6.45) is 8.36. The van der Waals surface area contributed by atoms with Crippen LogP contribution in [0.25, 0.3) is 0 Å². The van der Waals surface area contributed by atoms with Gasteiger partial charge in [-0.15, -0.1) is 0 Å². The van der Waals surface area contributed by atoms with Gasteiger partial charge in [0.15, 0.2) is 5.03 Å². The molecular weight excluding hydrogens is 525 g/mol. The second kappa shape index (κ2) is 14.3. The monoisotopic (exact) mass is 577 g/mol. The van der Waals surface area contributed by atoms with Crippen LogP contribution in [0.1, 0.15) is 112 Å². The van der Waals surface area contributed by atoms with Gasteiger partial charge in [-0.1, -0.05) is 59.3 Å². The molecule has 2 bridgehead atoms. The van der Waals surface area contributed by atoms with E-state index in [2.05, 4.69) is 51.9 Å². The maximum atomic E-state index is 13.7. The fourth-order valence-electron chi connectivity index (χ4n) is 7.24. The van der Waals surface area contributed by atoms with Crippen LogP contribution in [-0.2, 0) is 18.9 Å². The van der Waals surface area contributed by atoms with Crippen LogP contribution in [0.2, 0.25) is 0 Å².